The number of fused-ring (bicyclic) bond motifs is 12. The first kappa shape index (κ1) is 90.3. The number of aryl methyl sites for hydroxylation is 6. The molecule has 0 aliphatic carbocycles. The quantitative estimate of drug-likeness (QED) is 0.0802. The highest BCUT2D eigenvalue weighted by Gasteiger charge is 2.32. The Morgan fingerprint density at radius 1 is 0.269 bits per heavy atom. The van der Waals surface area contributed by atoms with E-state index in [1.165, 1.54) is 67.3 Å². The minimum atomic E-state index is 0.435. The first-order chi connectivity index (χ1) is 64.5. The van der Waals surface area contributed by atoms with Crippen molar-refractivity contribution in [3.8, 4) is 89.5 Å². The van der Waals surface area contributed by atoms with Gasteiger partial charge in [0, 0.05) is 141 Å². The van der Waals surface area contributed by atoms with Crippen LogP contribution in [0.5, 0.6) is 0 Å². The Labute approximate surface area is 786 Å². The zero-order valence-electron chi connectivity index (χ0n) is 80.3. The van der Waals surface area contributed by atoms with Gasteiger partial charge in [-0.3, -0.25) is 0 Å². The third kappa shape index (κ3) is 17.0. The molecule has 12 nitrogen and oxygen atoms in total. The van der Waals surface area contributed by atoms with Gasteiger partial charge in [0.2, 0.25) is 22.8 Å². The van der Waals surface area contributed by atoms with Crippen LogP contribution < -0.4 is 18.3 Å². The molecule has 0 fully saturated rings. The number of benzene rings is 12. The van der Waals surface area contributed by atoms with Crippen LogP contribution in [0.15, 0.2) is 285 Å². The number of nitrogens with zero attached hydrogens (tertiary/aromatic N) is 8. The Bertz CT molecular complexity index is 8240. The van der Waals surface area contributed by atoms with E-state index < -0.39 is 0 Å². The van der Waals surface area contributed by atoms with Crippen molar-refractivity contribution in [3.05, 3.63) is 380 Å². The maximum absolute atomic E-state index is 7.67. The van der Waals surface area contributed by atoms with E-state index in [0.717, 1.165) is 190 Å². The number of hydrogen-bond acceptors (Lipinski definition) is 4. The molecule has 0 atom stereocenters. The van der Waals surface area contributed by atoms with Crippen molar-refractivity contribution in [2.75, 3.05) is 0 Å². The molecule has 8 heterocycles. The lowest BCUT2D eigenvalue weighted by atomic mass is 9.95. The average Bonchev–Trinajstić information content (AvgIpc) is 1.59. The van der Waals surface area contributed by atoms with Crippen LogP contribution >= 0.6 is 0 Å². The van der Waals surface area contributed by atoms with E-state index in [1.54, 1.807) is 0 Å². The first-order valence-electron chi connectivity index (χ1n) is 46.3. The van der Waals surface area contributed by atoms with Crippen LogP contribution in [0.1, 0.15) is 135 Å². The molecule has 12 aromatic carbocycles. The third-order valence-corrected chi connectivity index (χ3v) is 26.8. The molecule has 0 bridgehead atoms. The largest absolute Gasteiger partial charge is 0.455 e. The van der Waals surface area contributed by atoms with Gasteiger partial charge in [0.25, 0.3) is 0 Å². The van der Waals surface area contributed by atoms with Crippen molar-refractivity contribution in [2.45, 2.75) is 135 Å². The van der Waals surface area contributed by atoms with E-state index >= 15 is 0 Å². The zero-order valence-corrected chi connectivity index (χ0v) is 80.3. The number of pyridine rings is 4. The zero-order chi connectivity index (χ0) is 94.5. The number of hydrogen-bond donors (Lipinski definition) is 0. The van der Waals surface area contributed by atoms with Crippen molar-refractivity contribution in [1.29, 1.82) is 0 Å². The fraction of sp³-hybridized carbons (Fsp3) is 0.213. The summed E-state index contributed by atoms with van der Waals surface area (Å²) in [5.74, 6) is 2.10. The van der Waals surface area contributed by atoms with Crippen LogP contribution in [0.4, 0.5) is 22.7 Å². The summed E-state index contributed by atoms with van der Waals surface area (Å²) in [5.41, 5.74) is 41.4. The molecule has 0 radical (unpaired) electrons. The molecule has 134 heavy (non-hydrogen) atoms. The van der Waals surface area contributed by atoms with Gasteiger partial charge in [-0.05, 0) is 181 Å². The fourth-order valence-electron chi connectivity index (χ4n) is 19.4. The molecule has 0 unspecified atom stereocenters. The summed E-state index contributed by atoms with van der Waals surface area (Å²) in [7, 11) is 8.51. The average molecular weight is 1750 g/mol. The van der Waals surface area contributed by atoms with Crippen LogP contribution in [0, 0.1) is 93.5 Å². The van der Waals surface area contributed by atoms with Gasteiger partial charge in [0.15, 0.2) is 45.5 Å². The van der Waals surface area contributed by atoms with E-state index in [-0.39, 0.29) is 0 Å². The molecular formula is C122H112N8O4+4. The molecule has 0 spiro atoms. The molecule has 660 valence electrons. The predicted molar refractivity (Wildman–Crippen MR) is 551 cm³/mol. The lowest BCUT2D eigenvalue weighted by molar-refractivity contribution is -0.667. The maximum Gasteiger partial charge on any atom is 0.216 e. The molecule has 0 aliphatic heterocycles. The fourth-order valence-corrected chi connectivity index (χ4v) is 19.4. The molecule has 0 aliphatic rings. The van der Waals surface area contributed by atoms with Crippen LogP contribution in [0.2, 0.25) is 0 Å². The van der Waals surface area contributed by atoms with E-state index in [2.05, 4.69) is 322 Å². The molecule has 0 saturated heterocycles. The van der Waals surface area contributed by atoms with E-state index in [1.807, 2.05) is 121 Å². The number of furan rings is 4. The second-order valence-corrected chi connectivity index (χ2v) is 37.4. The van der Waals surface area contributed by atoms with Crippen molar-refractivity contribution in [3.63, 3.8) is 0 Å². The summed E-state index contributed by atoms with van der Waals surface area (Å²) in [6, 6.07) is 91.5. The van der Waals surface area contributed by atoms with E-state index in [9.17, 15) is 0 Å². The Hall–Kier alpha value is -15.6. The molecule has 12 heteroatoms. The van der Waals surface area contributed by atoms with Gasteiger partial charge in [-0.2, -0.15) is 18.3 Å². The van der Waals surface area contributed by atoms with Gasteiger partial charge in [0.05, 0.1) is 48.5 Å². The number of aromatic nitrogens is 4. The predicted octanol–water partition coefficient (Wildman–Crippen LogP) is 32.3. The van der Waals surface area contributed by atoms with Crippen LogP contribution in [0.3, 0.4) is 0 Å². The summed E-state index contributed by atoms with van der Waals surface area (Å²) in [4.78, 5) is 15.0. The highest BCUT2D eigenvalue weighted by Crippen LogP contribution is 2.49. The lowest BCUT2D eigenvalue weighted by Crippen LogP contribution is -2.36. The third-order valence-electron chi connectivity index (χ3n) is 26.8. The van der Waals surface area contributed by atoms with Crippen molar-refractivity contribution >= 4 is 111 Å². The SMILES string of the molecule is [C-]#[N+]c1cc(-c2ccccc2)c2oc3c(-c4cc(C(C)C)cc(C)[n+]4C)c(C)ccc3c2c1.[C-]#[N+]c1cc(-c2ccccc2)c2oc3c(-c4cc(CC(C)C)cc(C)[n+]4C)c(C)ccc3c2c1.[C-]#[N+]c1cc(-c2ccccc2)c2oc3c(-c4ccc(C(C)C)c(C)[n+]4C)c(C)ccc3c2c1.[C-]#[N+]c1cc(-c2ccccc2)c2oc3c(-c4ccc(CC(C)C)c(C)[n+]4C)c(C)ccc3c2c1. The van der Waals surface area contributed by atoms with Gasteiger partial charge in [-0.25, -0.2) is 19.4 Å². The molecular weight excluding hydrogens is 1640 g/mol. The smallest absolute Gasteiger partial charge is 0.216 e. The summed E-state index contributed by atoms with van der Waals surface area (Å²) >= 11 is 0. The summed E-state index contributed by atoms with van der Waals surface area (Å²) in [6.45, 7) is 65.8. The Morgan fingerprint density at radius 2 is 0.575 bits per heavy atom. The highest BCUT2D eigenvalue weighted by molar-refractivity contribution is 6.18. The normalized spacial score (nSPS) is 11.4. The van der Waals surface area contributed by atoms with Gasteiger partial charge >= 0.3 is 0 Å². The second-order valence-electron chi connectivity index (χ2n) is 37.4. The van der Waals surface area contributed by atoms with Crippen molar-refractivity contribution < 1.29 is 35.9 Å². The molecule has 8 aromatic heterocycles. The standard InChI is InChI=1S/2C31H29N2O.2C30H27N2O/c1-19(2)16-23-13-15-28(33(6)21(23)4)29-20(3)12-14-25-27-18-24(32-5)17-26(30(27)34-31(25)29)22-10-8-7-9-11-22;1-19(2)14-22-15-21(4)33(6)28(16-22)29-20(3)12-13-25-27-18-24(32-5)17-26(30(27)34-31(25)29)23-10-8-7-9-11-23;1-18(2)22-14-20(4)32(6)27(15-22)28-19(3)12-13-24-26-17-23(31-5)16-25(29(26)33-30(24)28)21-10-8-7-9-11-21;1-18(2)23-14-15-27(32(6)20(23)4)28-19(3)12-13-24-26-17-22(31-5)16-25(29(26)33-30(24)28)21-10-8-7-9-11-21/h7-15,17-19H,16H2,1-4,6H3;7-13,15-19H,14H2,1-4,6H3;2*7-18H,1-4,6H3/q4*+1. The molecule has 20 rings (SSSR count). The lowest BCUT2D eigenvalue weighted by Gasteiger charge is -2.11. The van der Waals surface area contributed by atoms with Gasteiger partial charge in [-0.1, -0.05) is 225 Å². The first-order valence-corrected chi connectivity index (χ1v) is 46.3. The van der Waals surface area contributed by atoms with Crippen LogP contribution in [0.25, 0.3) is 197 Å². The molecule has 0 saturated carbocycles. The highest BCUT2D eigenvalue weighted by atomic mass is 16.3. The Kier molecular flexibility index (Phi) is 25.2. The van der Waals surface area contributed by atoms with Gasteiger partial charge in [-0.15, -0.1) is 0 Å². The molecule has 0 N–H and O–H groups in total. The Morgan fingerprint density at radius 3 is 0.888 bits per heavy atom. The molecule has 0 amide bonds. The minimum Gasteiger partial charge on any atom is -0.455 e. The maximum atomic E-state index is 7.67. The minimum absolute atomic E-state index is 0.435. The van der Waals surface area contributed by atoms with Gasteiger partial charge in [0.1, 0.15) is 72.9 Å². The van der Waals surface area contributed by atoms with Crippen molar-refractivity contribution in [1.82, 2.24) is 0 Å². The van der Waals surface area contributed by atoms with E-state index in [0.29, 0.717) is 46.4 Å². The monoisotopic (exact) mass is 1750 g/mol. The second kappa shape index (κ2) is 37.3. The summed E-state index contributed by atoms with van der Waals surface area (Å²) in [5, 5.41) is 8.11. The van der Waals surface area contributed by atoms with Crippen molar-refractivity contribution in [2.24, 2.45) is 40.0 Å². The molecule has 20 aromatic rings. The Balaban J connectivity index is 0.000000124. The summed E-state index contributed by atoms with van der Waals surface area (Å²) < 4.78 is 35.8. The van der Waals surface area contributed by atoms with Crippen LogP contribution in [-0.2, 0) is 41.0 Å². The topological polar surface area (TPSA) is 85.5 Å². The number of rotatable bonds is 14. The van der Waals surface area contributed by atoms with Gasteiger partial charge < -0.3 is 17.7 Å². The van der Waals surface area contributed by atoms with Crippen LogP contribution in [-0.4, -0.2) is 0 Å². The summed E-state index contributed by atoms with van der Waals surface area (Å²) in [6.07, 6.45) is 2.10. The van der Waals surface area contributed by atoms with E-state index in [4.69, 9.17) is 44.0 Å².